The zero-order valence-corrected chi connectivity index (χ0v) is 15.3. The fraction of sp³-hybridized carbons (Fsp3) is 0.238. The zero-order chi connectivity index (χ0) is 19.3. The van der Waals surface area contributed by atoms with Gasteiger partial charge in [0, 0.05) is 17.4 Å². The van der Waals surface area contributed by atoms with E-state index < -0.39 is 17.2 Å². The molecule has 1 N–H and O–H groups in total. The number of hydrogen-bond donors (Lipinski definition) is 1. The van der Waals surface area contributed by atoms with E-state index in [0.717, 1.165) is 28.5 Å². The molecule has 6 heteroatoms. The first-order valence-electron chi connectivity index (χ1n) is 8.82. The number of benzene rings is 2. The molecular formula is C21H19F2N3O. The van der Waals surface area contributed by atoms with Crippen LogP contribution in [0, 0.1) is 18.6 Å². The van der Waals surface area contributed by atoms with Gasteiger partial charge >= 0.3 is 0 Å². The quantitative estimate of drug-likeness (QED) is 0.574. The third kappa shape index (κ3) is 2.81. The summed E-state index contributed by atoms with van der Waals surface area (Å²) in [5.74, 6) is -0.974. The molecule has 0 saturated carbocycles. The van der Waals surface area contributed by atoms with Crippen LogP contribution in [0.3, 0.4) is 0 Å². The number of nitrogens with zero attached hydrogens (tertiary/aromatic N) is 2. The maximum atomic E-state index is 14.2. The summed E-state index contributed by atoms with van der Waals surface area (Å²) in [4.78, 5) is 19.3. The van der Waals surface area contributed by atoms with Crippen LogP contribution < -0.4 is 5.56 Å². The lowest BCUT2D eigenvalue weighted by Crippen LogP contribution is -2.12. The Morgan fingerprint density at radius 3 is 2.70 bits per heavy atom. The van der Waals surface area contributed by atoms with E-state index in [0.29, 0.717) is 17.5 Å². The Hall–Kier alpha value is -3.02. The first-order valence-corrected chi connectivity index (χ1v) is 8.82. The minimum absolute atomic E-state index is 0.107. The van der Waals surface area contributed by atoms with Gasteiger partial charge in [0.15, 0.2) is 11.6 Å². The summed E-state index contributed by atoms with van der Waals surface area (Å²) in [5, 5.41) is 0.484. The fourth-order valence-corrected chi connectivity index (χ4v) is 3.55. The molecule has 2 aromatic heterocycles. The molecule has 0 unspecified atom stereocenters. The molecule has 0 spiro atoms. The van der Waals surface area contributed by atoms with Crippen molar-refractivity contribution in [2.45, 2.75) is 33.2 Å². The monoisotopic (exact) mass is 367 g/mol. The summed E-state index contributed by atoms with van der Waals surface area (Å²) < 4.78 is 29.8. The van der Waals surface area contributed by atoms with Crippen molar-refractivity contribution in [2.75, 3.05) is 0 Å². The molecule has 4 aromatic rings. The normalized spacial score (nSPS) is 11.8. The van der Waals surface area contributed by atoms with Gasteiger partial charge in [-0.2, -0.15) is 0 Å². The Balaban J connectivity index is 1.98. The maximum absolute atomic E-state index is 14.2. The number of halogens is 2. The minimum Gasteiger partial charge on any atom is -0.323 e. The number of nitrogens with one attached hydrogen (secondary N) is 1. The van der Waals surface area contributed by atoms with Gasteiger partial charge in [0.05, 0.1) is 23.1 Å². The van der Waals surface area contributed by atoms with Crippen LogP contribution >= 0.6 is 0 Å². The van der Waals surface area contributed by atoms with Gasteiger partial charge in [-0.05, 0) is 36.2 Å². The number of hydrogen-bond acceptors (Lipinski definition) is 2. The molecule has 0 aliphatic heterocycles. The number of para-hydroxylation sites is 1. The van der Waals surface area contributed by atoms with Crippen molar-refractivity contribution in [1.29, 1.82) is 0 Å². The number of aromatic nitrogens is 3. The molecule has 0 aliphatic rings. The highest BCUT2D eigenvalue weighted by atomic mass is 19.2. The molecule has 4 rings (SSSR count). The largest absolute Gasteiger partial charge is 0.323 e. The average molecular weight is 367 g/mol. The highest BCUT2D eigenvalue weighted by Crippen LogP contribution is 2.27. The Morgan fingerprint density at radius 2 is 1.96 bits per heavy atom. The topological polar surface area (TPSA) is 50.7 Å². The molecule has 2 aromatic carbocycles. The number of rotatable bonds is 3. The lowest BCUT2D eigenvalue weighted by Gasteiger charge is -2.13. The molecule has 0 atom stereocenters. The average Bonchev–Trinajstić information content (AvgIpc) is 2.99. The molecule has 4 nitrogen and oxygen atoms in total. The predicted molar refractivity (Wildman–Crippen MR) is 102 cm³/mol. The third-order valence-electron chi connectivity index (χ3n) is 4.85. The van der Waals surface area contributed by atoms with Gasteiger partial charge in [-0.15, -0.1) is 0 Å². The van der Waals surface area contributed by atoms with E-state index in [2.05, 4.69) is 18.8 Å². The van der Waals surface area contributed by atoms with Crippen molar-refractivity contribution in [1.82, 2.24) is 14.5 Å². The summed E-state index contributed by atoms with van der Waals surface area (Å²) in [6.45, 7) is 6.46. The number of pyridine rings is 1. The molecule has 0 amide bonds. The van der Waals surface area contributed by atoms with Crippen LogP contribution in [0.2, 0.25) is 0 Å². The van der Waals surface area contributed by atoms with Gasteiger partial charge in [-0.25, -0.2) is 13.8 Å². The van der Waals surface area contributed by atoms with Gasteiger partial charge in [-0.1, -0.05) is 26.0 Å². The molecule has 27 heavy (non-hydrogen) atoms. The number of aromatic amines is 1. The van der Waals surface area contributed by atoms with E-state index in [1.54, 1.807) is 0 Å². The van der Waals surface area contributed by atoms with Crippen LogP contribution in [-0.2, 0) is 6.54 Å². The van der Waals surface area contributed by atoms with Crippen LogP contribution in [0.25, 0.3) is 21.9 Å². The first kappa shape index (κ1) is 17.4. The summed E-state index contributed by atoms with van der Waals surface area (Å²) >= 11 is 0. The second kappa shape index (κ2) is 6.30. The highest BCUT2D eigenvalue weighted by Gasteiger charge is 2.17. The van der Waals surface area contributed by atoms with E-state index in [9.17, 15) is 13.6 Å². The molecule has 0 bridgehead atoms. The van der Waals surface area contributed by atoms with Crippen molar-refractivity contribution in [3.8, 4) is 0 Å². The summed E-state index contributed by atoms with van der Waals surface area (Å²) in [7, 11) is 0. The van der Waals surface area contributed by atoms with Crippen LogP contribution in [0.1, 0.15) is 36.7 Å². The van der Waals surface area contributed by atoms with Gasteiger partial charge in [-0.3, -0.25) is 4.79 Å². The van der Waals surface area contributed by atoms with E-state index in [1.165, 1.54) is 12.1 Å². The fourth-order valence-electron chi connectivity index (χ4n) is 3.55. The van der Waals surface area contributed by atoms with E-state index in [1.807, 2.05) is 29.7 Å². The van der Waals surface area contributed by atoms with Crippen LogP contribution in [0.4, 0.5) is 8.78 Å². The van der Waals surface area contributed by atoms with Crippen LogP contribution in [0.15, 0.2) is 41.2 Å². The van der Waals surface area contributed by atoms with Gasteiger partial charge < -0.3 is 9.55 Å². The van der Waals surface area contributed by atoms with Crippen molar-refractivity contribution in [3.63, 3.8) is 0 Å². The Morgan fingerprint density at radius 1 is 1.19 bits per heavy atom. The standard InChI is InChI=1S/C21H19F2N3O/c1-11(2)21-25-19-12(3)5-4-6-16(19)26(21)10-13-9-17(27)24-20-14(13)7-8-15(22)18(20)23/h4-9,11H,10H2,1-3H3,(H,24,27). The second-order valence-corrected chi connectivity index (χ2v) is 7.10. The first-order chi connectivity index (χ1) is 12.9. The molecule has 2 heterocycles. The lowest BCUT2D eigenvalue weighted by atomic mass is 10.1. The second-order valence-electron chi connectivity index (χ2n) is 7.10. The molecule has 0 fully saturated rings. The summed E-state index contributed by atoms with van der Waals surface area (Å²) in [5.41, 5.74) is 2.98. The van der Waals surface area contributed by atoms with E-state index in [4.69, 9.17) is 4.98 Å². The Bertz CT molecular complexity index is 1240. The zero-order valence-electron chi connectivity index (χ0n) is 15.3. The predicted octanol–water partition coefficient (Wildman–Crippen LogP) is 4.64. The lowest BCUT2D eigenvalue weighted by molar-refractivity contribution is 0.515. The number of fused-ring (bicyclic) bond motifs is 2. The smallest absolute Gasteiger partial charge is 0.248 e. The molecule has 0 saturated heterocycles. The molecule has 0 aliphatic carbocycles. The Labute approximate surface area is 154 Å². The molecular weight excluding hydrogens is 348 g/mol. The SMILES string of the molecule is Cc1cccc2c1nc(C(C)C)n2Cc1cc(=O)[nH]c2c(F)c(F)ccc12. The van der Waals surface area contributed by atoms with Crippen molar-refractivity contribution in [2.24, 2.45) is 0 Å². The summed E-state index contributed by atoms with van der Waals surface area (Å²) in [6.07, 6.45) is 0. The Kier molecular flexibility index (Phi) is 4.06. The van der Waals surface area contributed by atoms with Gasteiger partial charge in [0.1, 0.15) is 5.82 Å². The van der Waals surface area contributed by atoms with Crippen molar-refractivity contribution < 1.29 is 8.78 Å². The van der Waals surface area contributed by atoms with Crippen molar-refractivity contribution >= 4 is 21.9 Å². The minimum atomic E-state index is -1.04. The number of H-pyrrole nitrogens is 1. The molecule has 138 valence electrons. The number of imidazole rings is 1. The van der Waals surface area contributed by atoms with Crippen LogP contribution in [-0.4, -0.2) is 14.5 Å². The van der Waals surface area contributed by atoms with Crippen molar-refractivity contribution in [3.05, 3.63) is 75.3 Å². The maximum Gasteiger partial charge on any atom is 0.248 e. The number of aryl methyl sites for hydroxylation is 1. The van der Waals surface area contributed by atoms with E-state index >= 15 is 0 Å². The third-order valence-corrected chi connectivity index (χ3v) is 4.85. The van der Waals surface area contributed by atoms with Gasteiger partial charge in [0.2, 0.25) is 5.56 Å². The highest BCUT2D eigenvalue weighted by molar-refractivity contribution is 5.83. The molecule has 0 radical (unpaired) electrons. The van der Waals surface area contributed by atoms with Crippen LogP contribution in [0.5, 0.6) is 0 Å². The van der Waals surface area contributed by atoms with Gasteiger partial charge in [0.25, 0.3) is 0 Å². The van der Waals surface area contributed by atoms with E-state index in [-0.39, 0.29) is 11.4 Å². The summed E-state index contributed by atoms with van der Waals surface area (Å²) in [6, 6.07) is 9.97.